The first-order chi connectivity index (χ1) is 10.9. The molecule has 0 saturated heterocycles. The molecule has 2 aromatic carbocycles. The molecule has 0 radical (unpaired) electrons. The van der Waals surface area contributed by atoms with Gasteiger partial charge in [0.2, 0.25) is 0 Å². The monoisotopic (exact) mass is 334 g/mol. The van der Waals surface area contributed by atoms with Crippen molar-refractivity contribution in [1.82, 2.24) is 10.2 Å². The SMILES string of the molecule is FC(F)(F)c1ccc(-c2cc(Cl)nnc2-c2ccccc2)cc1. The van der Waals surface area contributed by atoms with E-state index in [0.29, 0.717) is 16.8 Å². The first-order valence-electron chi connectivity index (χ1n) is 6.71. The molecule has 0 bridgehead atoms. The lowest BCUT2D eigenvalue weighted by molar-refractivity contribution is -0.137. The van der Waals surface area contributed by atoms with Crippen LogP contribution in [-0.4, -0.2) is 10.2 Å². The molecular weight excluding hydrogens is 325 g/mol. The van der Waals surface area contributed by atoms with Crippen molar-refractivity contribution in [3.63, 3.8) is 0 Å². The Kier molecular flexibility index (Phi) is 4.05. The standard InChI is InChI=1S/C17H10ClF3N2/c18-15-10-14(11-6-8-13(9-7-11)17(19,20)21)16(23-22-15)12-4-2-1-3-5-12/h1-10H. The molecule has 0 atom stereocenters. The van der Waals surface area contributed by atoms with Crippen LogP contribution in [0.2, 0.25) is 5.15 Å². The van der Waals surface area contributed by atoms with E-state index in [9.17, 15) is 13.2 Å². The zero-order valence-corrected chi connectivity index (χ0v) is 12.4. The number of hydrogen-bond donors (Lipinski definition) is 0. The maximum absolute atomic E-state index is 12.7. The van der Waals surface area contributed by atoms with Crippen molar-refractivity contribution in [2.24, 2.45) is 0 Å². The van der Waals surface area contributed by atoms with E-state index in [-0.39, 0.29) is 5.15 Å². The van der Waals surface area contributed by atoms with Gasteiger partial charge in [-0.25, -0.2) is 0 Å². The summed E-state index contributed by atoms with van der Waals surface area (Å²) in [4.78, 5) is 0. The smallest absolute Gasteiger partial charge is 0.166 e. The second kappa shape index (κ2) is 6.01. The maximum atomic E-state index is 12.7. The van der Waals surface area contributed by atoms with Crippen LogP contribution in [-0.2, 0) is 6.18 Å². The number of halogens is 4. The van der Waals surface area contributed by atoms with Crippen molar-refractivity contribution in [1.29, 1.82) is 0 Å². The minimum atomic E-state index is -4.37. The van der Waals surface area contributed by atoms with E-state index in [0.717, 1.165) is 17.7 Å². The van der Waals surface area contributed by atoms with E-state index in [2.05, 4.69) is 10.2 Å². The molecule has 1 aromatic heterocycles. The van der Waals surface area contributed by atoms with Gasteiger partial charge >= 0.3 is 6.18 Å². The molecule has 23 heavy (non-hydrogen) atoms. The van der Waals surface area contributed by atoms with Crippen molar-refractivity contribution in [3.05, 3.63) is 71.4 Å². The van der Waals surface area contributed by atoms with E-state index in [1.54, 1.807) is 6.07 Å². The predicted octanol–water partition coefficient (Wildman–Crippen LogP) is 5.48. The molecule has 0 aliphatic rings. The van der Waals surface area contributed by atoms with Crippen LogP contribution < -0.4 is 0 Å². The van der Waals surface area contributed by atoms with E-state index < -0.39 is 11.7 Å². The first kappa shape index (κ1) is 15.5. The topological polar surface area (TPSA) is 25.8 Å². The van der Waals surface area contributed by atoms with Gasteiger partial charge in [0.25, 0.3) is 0 Å². The summed E-state index contributed by atoms with van der Waals surface area (Å²) in [5, 5.41) is 8.11. The number of alkyl halides is 3. The summed E-state index contributed by atoms with van der Waals surface area (Å²) in [5.74, 6) is 0. The molecule has 116 valence electrons. The third kappa shape index (κ3) is 3.35. The Labute approximate surface area is 135 Å². The summed E-state index contributed by atoms with van der Waals surface area (Å²) in [7, 11) is 0. The quantitative estimate of drug-likeness (QED) is 0.620. The molecule has 1 heterocycles. The van der Waals surface area contributed by atoms with Crippen LogP contribution in [0.3, 0.4) is 0 Å². The van der Waals surface area contributed by atoms with E-state index in [1.165, 1.54) is 12.1 Å². The van der Waals surface area contributed by atoms with Gasteiger partial charge in [0.15, 0.2) is 5.15 Å². The first-order valence-corrected chi connectivity index (χ1v) is 7.09. The molecule has 3 rings (SSSR count). The lowest BCUT2D eigenvalue weighted by Crippen LogP contribution is -2.04. The lowest BCUT2D eigenvalue weighted by Gasteiger charge is -2.11. The van der Waals surface area contributed by atoms with Gasteiger partial charge in [-0.1, -0.05) is 54.1 Å². The minimum absolute atomic E-state index is 0.180. The highest BCUT2D eigenvalue weighted by atomic mass is 35.5. The largest absolute Gasteiger partial charge is 0.416 e. The van der Waals surface area contributed by atoms with E-state index in [1.807, 2.05) is 30.3 Å². The summed E-state index contributed by atoms with van der Waals surface area (Å²) in [6.07, 6.45) is -4.37. The van der Waals surface area contributed by atoms with Crippen molar-refractivity contribution < 1.29 is 13.2 Å². The molecule has 0 unspecified atom stereocenters. The maximum Gasteiger partial charge on any atom is 0.416 e. The van der Waals surface area contributed by atoms with Gasteiger partial charge in [-0.3, -0.25) is 0 Å². The second-order valence-corrected chi connectivity index (χ2v) is 5.26. The fourth-order valence-electron chi connectivity index (χ4n) is 2.24. The van der Waals surface area contributed by atoms with Gasteiger partial charge in [-0.05, 0) is 23.8 Å². The molecule has 0 N–H and O–H groups in total. The highest BCUT2D eigenvalue weighted by Crippen LogP contribution is 2.34. The number of aromatic nitrogens is 2. The van der Waals surface area contributed by atoms with Gasteiger partial charge in [0.1, 0.15) is 5.69 Å². The summed E-state index contributed by atoms with van der Waals surface area (Å²) in [6, 6.07) is 15.8. The Morgan fingerprint density at radius 3 is 2.04 bits per heavy atom. The summed E-state index contributed by atoms with van der Waals surface area (Å²) < 4.78 is 38.1. The molecule has 0 aliphatic carbocycles. The van der Waals surface area contributed by atoms with Crippen LogP contribution in [0.4, 0.5) is 13.2 Å². The van der Waals surface area contributed by atoms with Crippen LogP contribution in [0, 0.1) is 0 Å². The van der Waals surface area contributed by atoms with Gasteiger partial charge in [-0.15, -0.1) is 10.2 Å². The molecule has 6 heteroatoms. The summed E-state index contributed by atoms with van der Waals surface area (Å²) >= 11 is 5.90. The van der Waals surface area contributed by atoms with Crippen molar-refractivity contribution in [2.75, 3.05) is 0 Å². The zero-order valence-electron chi connectivity index (χ0n) is 11.7. The van der Waals surface area contributed by atoms with Crippen molar-refractivity contribution in [3.8, 4) is 22.4 Å². The molecule has 0 aliphatic heterocycles. The predicted molar refractivity (Wildman–Crippen MR) is 82.9 cm³/mol. The van der Waals surface area contributed by atoms with Gasteiger partial charge in [-0.2, -0.15) is 13.2 Å². The Bertz CT molecular complexity index is 815. The second-order valence-electron chi connectivity index (χ2n) is 4.87. The van der Waals surface area contributed by atoms with E-state index in [4.69, 9.17) is 11.6 Å². The van der Waals surface area contributed by atoms with Crippen LogP contribution in [0.5, 0.6) is 0 Å². The number of nitrogens with zero attached hydrogens (tertiary/aromatic N) is 2. The third-order valence-corrected chi connectivity index (χ3v) is 3.52. The zero-order chi connectivity index (χ0) is 16.4. The molecular formula is C17H10ClF3N2. The summed E-state index contributed by atoms with van der Waals surface area (Å²) in [6.45, 7) is 0. The molecule has 0 spiro atoms. The van der Waals surface area contributed by atoms with Gasteiger partial charge in [0.05, 0.1) is 5.56 Å². The Morgan fingerprint density at radius 1 is 0.783 bits per heavy atom. The molecule has 3 aromatic rings. The Balaban J connectivity index is 2.11. The van der Waals surface area contributed by atoms with Crippen LogP contribution in [0.1, 0.15) is 5.56 Å². The highest BCUT2D eigenvalue weighted by molar-refractivity contribution is 6.29. The molecule has 2 nitrogen and oxygen atoms in total. The number of rotatable bonds is 2. The average molecular weight is 335 g/mol. The minimum Gasteiger partial charge on any atom is -0.166 e. The van der Waals surface area contributed by atoms with Crippen molar-refractivity contribution in [2.45, 2.75) is 6.18 Å². The number of hydrogen-bond acceptors (Lipinski definition) is 2. The molecule has 0 amide bonds. The van der Waals surface area contributed by atoms with E-state index >= 15 is 0 Å². The van der Waals surface area contributed by atoms with Crippen LogP contribution >= 0.6 is 11.6 Å². The average Bonchev–Trinajstić information content (AvgIpc) is 2.55. The molecule has 0 saturated carbocycles. The van der Waals surface area contributed by atoms with Crippen LogP contribution in [0.15, 0.2) is 60.7 Å². The third-order valence-electron chi connectivity index (χ3n) is 3.33. The van der Waals surface area contributed by atoms with Crippen LogP contribution in [0.25, 0.3) is 22.4 Å². The number of benzene rings is 2. The fourth-order valence-corrected chi connectivity index (χ4v) is 2.38. The van der Waals surface area contributed by atoms with Gasteiger partial charge in [0, 0.05) is 11.1 Å². The Hall–Kier alpha value is -2.40. The Morgan fingerprint density at radius 2 is 1.43 bits per heavy atom. The lowest BCUT2D eigenvalue weighted by atomic mass is 9.99. The normalized spacial score (nSPS) is 11.5. The summed E-state index contributed by atoms with van der Waals surface area (Å²) in [5.41, 5.74) is 1.90. The fraction of sp³-hybridized carbons (Fsp3) is 0.0588. The highest BCUT2D eigenvalue weighted by Gasteiger charge is 2.30. The van der Waals surface area contributed by atoms with Crippen molar-refractivity contribution >= 4 is 11.6 Å². The van der Waals surface area contributed by atoms with Gasteiger partial charge < -0.3 is 0 Å². The molecule has 0 fully saturated rings.